The molecule has 0 spiro atoms. The van der Waals surface area contributed by atoms with Crippen LogP contribution < -0.4 is 10.1 Å². The number of halogens is 2. The summed E-state index contributed by atoms with van der Waals surface area (Å²) >= 11 is 6.99. The van der Waals surface area contributed by atoms with Crippen molar-refractivity contribution in [3.8, 4) is 0 Å². The maximum atomic E-state index is 13.9. The zero-order valence-electron chi connectivity index (χ0n) is 10.9. The first-order valence-corrected chi connectivity index (χ1v) is 7.14. The molecule has 0 aliphatic rings. The standard InChI is InChI=1S/C13H8BClFN3OS/c1-6-4-19-5-7(2-9(16)12(19)17-6)18-13(20)11-8(15)3-10(14)21-11/h2-5H,1H3,(H,18,20). The highest BCUT2D eigenvalue weighted by Gasteiger charge is 2.15. The predicted molar refractivity (Wildman–Crippen MR) is 82.6 cm³/mol. The summed E-state index contributed by atoms with van der Waals surface area (Å²) < 4.78 is 15.9. The number of aryl methyl sites for hydroxylation is 1. The number of carbonyl (C=O) groups excluding carboxylic acids is 1. The molecule has 0 saturated carbocycles. The Bertz CT molecular complexity index is 861. The first-order chi connectivity index (χ1) is 9.94. The molecule has 3 heterocycles. The second kappa shape index (κ2) is 5.16. The van der Waals surface area contributed by atoms with E-state index in [0.29, 0.717) is 16.2 Å². The number of fused-ring (bicyclic) bond motifs is 1. The van der Waals surface area contributed by atoms with Crippen molar-refractivity contribution >= 4 is 52.8 Å². The van der Waals surface area contributed by atoms with Crippen molar-refractivity contribution in [1.82, 2.24) is 9.38 Å². The quantitative estimate of drug-likeness (QED) is 0.738. The van der Waals surface area contributed by atoms with E-state index in [2.05, 4.69) is 10.3 Å². The molecule has 4 nitrogen and oxygen atoms in total. The van der Waals surface area contributed by atoms with E-state index in [1.54, 1.807) is 19.3 Å². The number of amides is 1. The zero-order chi connectivity index (χ0) is 15.1. The molecule has 0 aromatic carbocycles. The average Bonchev–Trinajstić information content (AvgIpc) is 2.91. The summed E-state index contributed by atoms with van der Waals surface area (Å²) in [7, 11) is 5.59. The molecule has 8 heteroatoms. The minimum Gasteiger partial charge on any atom is -0.320 e. The minimum absolute atomic E-state index is 0.212. The van der Waals surface area contributed by atoms with Crippen LogP contribution in [0, 0.1) is 12.7 Å². The number of hydrogen-bond donors (Lipinski definition) is 1. The highest BCUT2D eigenvalue weighted by atomic mass is 35.5. The number of pyridine rings is 1. The van der Waals surface area contributed by atoms with E-state index in [0.717, 1.165) is 11.3 Å². The summed E-state index contributed by atoms with van der Waals surface area (Å²) in [5.41, 5.74) is 1.21. The highest BCUT2D eigenvalue weighted by molar-refractivity contribution is 7.22. The fraction of sp³-hybridized carbons (Fsp3) is 0.0769. The Morgan fingerprint density at radius 3 is 2.90 bits per heavy atom. The van der Waals surface area contributed by atoms with Gasteiger partial charge in [0.15, 0.2) is 11.5 Å². The number of nitrogens with one attached hydrogen (secondary N) is 1. The van der Waals surface area contributed by atoms with E-state index in [4.69, 9.17) is 19.4 Å². The second-order valence-corrected chi connectivity index (χ2v) is 5.96. The summed E-state index contributed by atoms with van der Waals surface area (Å²) in [4.78, 5) is 16.4. The molecular weight excluding hydrogens is 311 g/mol. The lowest BCUT2D eigenvalue weighted by Crippen LogP contribution is -2.11. The molecule has 0 unspecified atom stereocenters. The summed E-state index contributed by atoms with van der Waals surface area (Å²) in [6.45, 7) is 1.76. The zero-order valence-corrected chi connectivity index (χ0v) is 12.4. The smallest absolute Gasteiger partial charge is 0.267 e. The van der Waals surface area contributed by atoms with Gasteiger partial charge in [-0.15, -0.1) is 11.3 Å². The predicted octanol–water partition coefficient (Wildman–Crippen LogP) is 2.54. The van der Waals surface area contributed by atoms with Crippen LogP contribution in [-0.4, -0.2) is 23.1 Å². The van der Waals surface area contributed by atoms with Crippen LogP contribution in [0.4, 0.5) is 10.1 Å². The molecule has 0 aliphatic carbocycles. The van der Waals surface area contributed by atoms with Gasteiger partial charge in [0.1, 0.15) is 12.7 Å². The van der Waals surface area contributed by atoms with Crippen molar-refractivity contribution < 1.29 is 9.18 Å². The molecule has 0 aliphatic heterocycles. The van der Waals surface area contributed by atoms with Crippen LogP contribution in [0.1, 0.15) is 15.4 Å². The van der Waals surface area contributed by atoms with Gasteiger partial charge in [-0.1, -0.05) is 11.6 Å². The van der Waals surface area contributed by atoms with E-state index < -0.39 is 11.7 Å². The van der Waals surface area contributed by atoms with Crippen molar-refractivity contribution in [3.05, 3.63) is 45.9 Å². The first-order valence-electron chi connectivity index (χ1n) is 5.95. The number of nitrogens with zero attached hydrogens (tertiary/aromatic N) is 2. The number of aromatic nitrogens is 2. The molecule has 2 radical (unpaired) electrons. The maximum absolute atomic E-state index is 13.9. The lowest BCUT2D eigenvalue weighted by Gasteiger charge is -2.05. The molecule has 3 rings (SSSR count). The minimum atomic E-state index is -0.516. The number of carbonyl (C=O) groups is 1. The number of anilines is 1. The van der Waals surface area contributed by atoms with E-state index in [9.17, 15) is 9.18 Å². The van der Waals surface area contributed by atoms with Crippen LogP contribution >= 0.6 is 22.9 Å². The fourth-order valence-electron chi connectivity index (χ4n) is 1.98. The largest absolute Gasteiger partial charge is 0.320 e. The first kappa shape index (κ1) is 14.1. The van der Waals surface area contributed by atoms with Gasteiger partial charge in [-0.3, -0.25) is 4.79 Å². The molecule has 1 N–H and O–H groups in total. The van der Waals surface area contributed by atoms with E-state index in [-0.39, 0.29) is 15.5 Å². The van der Waals surface area contributed by atoms with Gasteiger partial charge < -0.3 is 9.72 Å². The third-order valence-corrected chi connectivity index (χ3v) is 4.17. The molecule has 21 heavy (non-hydrogen) atoms. The molecular formula is C13H8BClFN3OS. The van der Waals surface area contributed by atoms with Gasteiger partial charge in [-0.05, 0) is 17.8 Å². The highest BCUT2D eigenvalue weighted by Crippen LogP contribution is 2.22. The molecule has 0 atom stereocenters. The molecule has 104 valence electrons. The van der Waals surface area contributed by atoms with E-state index in [1.165, 1.54) is 16.5 Å². The monoisotopic (exact) mass is 319 g/mol. The molecule has 3 aromatic rings. The van der Waals surface area contributed by atoms with Gasteiger partial charge in [-0.2, -0.15) is 0 Å². The maximum Gasteiger partial charge on any atom is 0.267 e. The Morgan fingerprint density at radius 2 is 2.24 bits per heavy atom. The lowest BCUT2D eigenvalue weighted by molar-refractivity contribution is 0.103. The number of imidazole rings is 1. The third-order valence-electron chi connectivity index (χ3n) is 2.80. The van der Waals surface area contributed by atoms with Crippen molar-refractivity contribution in [1.29, 1.82) is 0 Å². The van der Waals surface area contributed by atoms with Crippen LogP contribution in [0.15, 0.2) is 24.5 Å². The molecule has 0 fully saturated rings. The number of thiophene rings is 1. The van der Waals surface area contributed by atoms with Gasteiger partial charge in [0, 0.05) is 18.5 Å². The third kappa shape index (κ3) is 2.66. The average molecular weight is 320 g/mol. The summed E-state index contributed by atoms with van der Waals surface area (Å²) in [5, 5.41) is 2.87. The fourth-order valence-corrected chi connectivity index (χ4v) is 3.07. The van der Waals surface area contributed by atoms with Gasteiger partial charge in [0.05, 0.1) is 16.4 Å². The lowest BCUT2D eigenvalue weighted by atomic mass is 10.1. The van der Waals surface area contributed by atoms with Crippen LogP contribution in [0.25, 0.3) is 5.65 Å². The second-order valence-electron chi connectivity index (χ2n) is 4.47. The Labute approximate surface area is 130 Å². The van der Waals surface area contributed by atoms with Gasteiger partial charge in [-0.25, -0.2) is 9.37 Å². The van der Waals surface area contributed by atoms with Crippen LogP contribution in [0.5, 0.6) is 0 Å². The van der Waals surface area contributed by atoms with Crippen molar-refractivity contribution in [3.63, 3.8) is 0 Å². The van der Waals surface area contributed by atoms with E-state index in [1.807, 2.05) is 0 Å². The number of rotatable bonds is 2. The molecule has 1 amide bonds. The Balaban J connectivity index is 1.94. The van der Waals surface area contributed by atoms with Gasteiger partial charge in [0.25, 0.3) is 5.91 Å². The SMILES string of the molecule is [B]c1cc(Cl)c(C(=O)Nc2cc(F)c3nc(C)cn3c2)s1. The van der Waals surface area contributed by atoms with E-state index >= 15 is 0 Å². The van der Waals surface area contributed by atoms with Crippen molar-refractivity contribution in [2.24, 2.45) is 0 Å². The molecule has 0 saturated heterocycles. The Kier molecular flexibility index (Phi) is 3.47. The van der Waals surface area contributed by atoms with Crippen molar-refractivity contribution in [2.45, 2.75) is 6.92 Å². The number of hydrogen-bond acceptors (Lipinski definition) is 3. The van der Waals surface area contributed by atoms with Crippen LogP contribution in [0.2, 0.25) is 5.02 Å². The van der Waals surface area contributed by atoms with Gasteiger partial charge >= 0.3 is 0 Å². The molecule has 0 bridgehead atoms. The van der Waals surface area contributed by atoms with Gasteiger partial charge in [0.2, 0.25) is 0 Å². The van der Waals surface area contributed by atoms with Crippen LogP contribution in [0.3, 0.4) is 0 Å². The topological polar surface area (TPSA) is 46.4 Å². The van der Waals surface area contributed by atoms with Crippen LogP contribution in [-0.2, 0) is 0 Å². The Hall–Kier alpha value is -1.86. The van der Waals surface area contributed by atoms with Crippen molar-refractivity contribution in [2.75, 3.05) is 5.32 Å². The Morgan fingerprint density at radius 1 is 1.48 bits per heavy atom. The summed E-state index contributed by atoms with van der Waals surface area (Å²) in [6.07, 6.45) is 3.26. The molecule has 3 aromatic heterocycles. The summed E-state index contributed by atoms with van der Waals surface area (Å²) in [5.74, 6) is -0.949. The summed E-state index contributed by atoms with van der Waals surface area (Å²) in [6, 6.07) is 2.72. The normalized spacial score (nSPS) is 11.0.